The van der Waals surface area contributed by atoms with Crippen LogP contribution in [0.1, 0.15) is 42.3 Å². The zero-order chi connectivity index (χ0) is 20.1. The summed E-state index contributed by atoms with van der Waals surface area (Å²) in [5.41, 5.74) is 0.936. The van der Waals surface area contributed by atoms with Crippen molar-refractivity contribution < 1.29 is 22.4 Å². The third kappa shape index (κ3) is 4.62. The maximum Gasteiger partial charge on any atom is 0.309 e. The van der Waals surface area contributed by atoms with E-state index in [1.54, 1.807) is 24.3 Å². The first-order valence-electron chi connectivity index (χ1n) is 9.30. The van der Waals surface area contributed by atoms with Gasteiger partial charge in [-0.1, -0.05) is 30.5 Å². The molecule has 2 N–H and O–H groups in total. The average Bonchev–Trinajstić information content (AvgIpc) is 3.36. The molecule has 3 rings (SSSR count). The average molecular weight is 404 g/mol. The molecular formula is C20H24N2O5S. The van der Waals surface area contributed by atoms with Crippen LogP contribution >= 0.6 is 0 Å². The molecule has 1 heterocycles. The number of hydrogen-bond donors (Lipinski definition) is 2. The Bertz CT molecular complexity index is 914. The Labute approximate surface area is 164 Å². The van der Waals surface area contributed by atoms with Gasteiger partial charge in [0.2, 0.25) is 0 Å². The summed E-state index contributed by atoms with van der Waals surface area (Å²) >= 11 is 0. The predicted octanol–water partition coefficient (Wildman–Crippen LogP) is 2.28. The van der Waals surface area contributed by atoms with E-state index in [2.05, 4.69) is 10.6 Å². The summed E-state index contributed by atoms with van der Waals surface area (Å²) in [7, 11) is -3.82. The van der Waals surface area contributed by atoms with Crippen molar-refractivity contribution in [1.29, 1.82) is 0 Å². The lowest BCUT2D eigenvalue weighted by Gasteiger charge is -2.17. The minimum Gasteiger partial charge on any atom is -0.468 e. The molecular weight excluding hydrogens is 380 g/mol. The van der Waals surface area contributed by atoms with Crippen molar-refractivity contribution in [3.8, 4) is 0 Å². The molecule has 0 bridgehead atoms. The van der Waals surface area contributed by atoms with E-state index in [4.69, 9.17) is 4.42 Å². The molecule has 1 aromatic heterocycles. The van der Waals surface area contributed by atoms with Gasteiger partial charge in [0.25, 0.3) is 0 Å². The van der Waals surface area contributed by atoms with Crippen LogP contribution in [0.3, 0.4) is 0 Å². The molecule has 0 unspecified atom stereocenters. The van der Waals surface area contributed by atoms with Gasteiger partial charge in [0.15, 0.2) is 9.84 Å². The van der Waals surface area contributed by atoms with Crippen LogP contribution in [0.25, 0.3) is 0 Å². The number of carbonyl (C=O) groups is 2. The Morgan fingerprint density at radius 2 is 1.79 bits per heavy atom. The molecule has 28 heavy (non-hydrogen) atoms. The van der Waals surface area contributed by atoms with E-state index in [9.17, 15) is 18.0 Å². The molecule has 2 aromatic rings. The highest BCUT2D eigenvalue weighted by molar-refractivity contribution is 7.91. The minimum absolute atomic E-state index is 0.00964. The number of benzene rings is 1. The van der Waals surface area contributed by atoms with Gasteiger partial charge in [-0.25, -0.2) is 8.42 Å². The van der Waals surface area contributed by atoms with Crippen molar-refractivity contribution >= 4 is 21.7 Å². The van der Waals surface area contributed by atoms with Crippen molar-refractivity contribution in [3.05, 3.63) is 54.0 Å². The minimum atomic E-state index is -3.82. The Balaban J connectivity index is 1.73. The highest BCUT2D eigenvalue weighted by atomic mass is 32.2. The van der Waals surface area contributed by atoms with E-state index in [0.29, 0.717) is 0 Å². The summed E-state index contributed by atoms with van der Waals surface area (Å²) in [6, 6.07) is 9.60. The molecule has 1 aromatic carbocycles. The molecule has 1 fully saturated rings. The molecule has 0 radical (unpaired) electrons. The topological polar surface area (TPSA) is 105 Å². The van der Waals surface area contributed by atoms with Crippen molar-refractivity contribution in [2.45, 2.75) is 48.8 Å². The molecule has 1 aliphatic carbocycles. The molecule has 1 saturated carbocycles. The van der Waals surface area contributed by atoms with E-state index in [1.165, 1.54) is 18.4 Å². The molecule has 7 nitrogen and oxygen atoms in total. The fourth-order valence-electron chi connectivity index (χ4n) is 3.32. The first-order chi connectivity index (χ1) is 13.4. The van der Waals surface area contributed by atoms with E-state index in [0.717, 1.165) is 31.2 Å². The fourth-order valence-corrected chi connectivity index (χ4v) is 4.90. The van der Waals surface area contributed by atoms with Crippen LogP contribution in [0.15, 0.2) is 52.0 Å². The number of furan rings is 1. The second-order valence-corrected chi connectivity index (χ2v) is 9.16. The third-order valence-corrected chi connectivity index (χ3v) is 7.01. The number of amides is 2. The molecule has 0 aliphatic heterocycles. The first kappa shape index (κ1) is 20.1. The number of carbonyl (C=O) groups excluding carboxylic acids is 2. The van der Waals surface area contributed by atoms with Gasteiger partial charge in [0, 0.05) is 12.6 Å². The monoisotopic (exact) mass is 404 g/mol. The van der Waals surface area contributed by atoms with Gasteiger partial charge in [-0.15, -0.1) is 0 Å². The molecule has 1 atom stereocenters. The lowest BCUT2D eigenvalue weighted by molar-refractivity contribution is -0.139. The van der Waals surface area contributed by atoms with Gasteiger partial charge in [-0.2, -0.15) is 0 Å². The quantitative estimate of drug-likeness (QED) is 0.719. The van der Waals surface area contributed by atoms with Crippen molar-refractivity contribution in [2.75, 3.05) is 6.54 Å². The van der Waals surface area contributed by atoms with E-state index >= 15 is 0 Å². The SMILES string of the molecule is Cc1ccc(S(=O)(=O)[C@@H](CNC(=O)C(=O)NC2CCCC2)c2ccco2)cc1. The van der Waals surface area contributed by atoms with Gasteiger partial charge in [0.05, 0.1) is 11.2 Å². The normalized spacial score (nSPS) is 15.9. The first-order valence-corrected chi connectivity index (χ1v) is 10.8. The summed E-state index contributed by atoms with van der Waals surface area (Å²) in [6.07, 6.45) is 5.15. The number of nitrogens with one attached hydrogen (secondary N) is 2. The maximum atomic E-state index is 13.1. The standard InChI is InChI=1S/C20H24N2O5S/c1-14-8-10-16(11-9-14)28(25,26)18(17-7-4-12-27-17)13-21-19(23)20(24)22-15-5-2-3-6-15/h4,7-12,15,18H,2-3,5-6,13H2,1H3,(H,21,23)(H,22,24)/t18-/m0/s1. The van der Waals surface area contributed by atoms with Gasteiger partial charge in [-0.05, 0) is 44.0 Å². The van der Waals surface area contributed by atoms with E-state index in [-0.39, 0.29) is 23.2 Å². The second-order valence-electron chi connectivity index (χ2n) is 7.03. The number of aryl methyl sites for hydroxylation is 1. The Morgan fingerprint density at radius 3 is 2.39 bits per heavy atom. The number of rotatable bonds is 6. The number of sulfone groups is 1. The second kappa shape index (κ2) is 8.60. The van der Waals surface area contributed by atoms with Gasteiger partial charge >= 0.3 is 11.8 Å². The summed E-state index contributed by atoms with van der Waals surface area (Å²) in [6.45, 7) is 1.60. The van der Waals surface area contributed by atoms with Gasteiger partial charge in [0.1, 0.15) is 11.0 Å². The summed E-state index contributed by atoms with van der Waals surface area (Å²) in [4.78, 5) is 24.4. The summed E-state index contributed by atoms with van der Waals surface area (Å²) < 4.78 is 31.5. The van der Waals surface area contributed by atoms with Crippen LogP contribution in [0, 0.1) is 6.92 Å². The molecule has 2 amide bonds. The van der Waals surface area contributed by atoms with Crippen molar-refractivity contribution in [3.63, 3.8) is 0 Å². The smallest absolute Gasteiger partial charge is 0.309 e. The Morgan fingerprint density at radius 1 is 1.11 bits per heavy atom. The van der Waals surface area contributed by atoms with Crippen molar-refractivity contribution in [1.82, 2.24) is 10.6 Å². The van der Waals surface area contributed by atoms with Crippen LogP contribution < -0.4 is 10.6 Å². The summed E-state index contributed by atoms with van der Waals surface area (Å²) in [5, 5.41) is 4.00. The van der Waals surface area contributed by atoms with E-state index < -0.39 is 26.9 Å². The van der Waals surface area contributed by atoms with Crippen LogP contribution in [0.5, 0.6) is 0 Å². The molecule has 0 saturated heterocycles. The third-order valence-electron chi connectivity index (χ3n) is 4.93. The number of hydrogen-bond acceptors (Lipinski definition) is 5. The Kier molecular flexibility index (Phi) is 6.18. The highest BCUT2D eigenvalue weighted by Crippen LogP contribution is 2.29. The summed E-state index contributed by atoms with van der Waals surface area (Å²) in [5.74, 6) is -1.38. The molecule has 1 aliphatic rings. The lowest BCUT2D eigenvalue weighted by atomic mass is 10.2. The van der Waals surface area contributed by atoms with Crippen molar-refractivity contribution in [2.24, 2.45) is 0 Å². The molecule has 8 heteroatoms. The largest absolute Gasteiger partial charge is 0.468 e. The molecule has 150 valence electrons. The lowest BCUT2D eigenvalue weighted by Crippen LogP contribution is -2.45. The zero-order valence-corrected chi connectivity index (χ0v) is 16.5. The van der Waals surface area contributed by atoms with Crippen LogP contribution in [-0.2, 0) is 19.4 Å². The van der Waals surface area contributed by atoms with Crippen LogP contribution in [0.4, 0.5) is 0 Å². The zero-order valence-electron chi connectivity index (χ0n) is 15.7. The predicted molar refractivity (Wildman–Crippen MR) is 103 cm³/mol. The van der Waals surface area contributed by atoms with Gasteiger partial charge < -0.3 is 15.1 Å². The van der Waals surface area contributed by atoms with Crippen LogP contribution in [-0.4, -0.2) is 32.8 Å². The fraction of sp³-hybridized carbons (Fsp3) is 0.400. The highest BCUT2D eigenvalue weighted by Gasteiger charge is 2.32. The van der Waals surface area contributed by atoms with E-state index in [1.807, 2.05) is 6.92 Å². The van der Waals surface area contributed by atoms with Gasteiger partial charge in [-0.3, -0.25) is 9.59 Å². The molecule has 0 spiro atoms. The van der Waals surface area contributed by atoms with Crippen LogP contribution in [0.2, 0.25) is 0 Å². The Hall–Kier alpha value is -2.61. The maximum absolute atomic E-state index is 13.1.